The van der Waals surface area contributed by atoms with Gasteiger partial charge in [-0.3, -0.25) is 0 Å². The highest BCUT2D eigenvalue weighted by Crippen LogP contribution is 2.30. The van der Waals surface area contributed by atoms with Crippen LogP contribution in [-0.2, 0) is 12.8 Å². The molecule has 0 radical (unpaired) electrons. The summed E-state index contributed by atoms with van der Waals surface area (Å²) in [6, 6.07) is 14.7. The number of benzene rings is 2. The predicted molar refractivity (Wildman–Crippen MR) is 77.5 cm³/mol. The lowest BCUT2D eigenvalue weighted by Gasteiger charge is -2.17. The van der Waals surface area contributed by atoms with Gasteiger partial charge >= 0.3 is 0 Å². The van der Waals surface area contributed by atoms with Crippen LogP contribution >= 0.6 is 0 Å². The average molecular weight is 253 g/mol. The van der Waals surface area contributed by atoms with Gasteiger partial charge in [0.2, 0.25) is 0 Å². The lowest BCUT2D eigenvalue weighted by Crippen LogP contribution is -2.14. The molecule has 3 rings (SSSR count). The molecule has 1 aliphatic rings. The molecule has 2 N–H and O–H groups in total. The summed E-state index contributed by atoms with van der Waals surface area (Å²) in [6.45, 7) is 2.96. The fraction of sp³-hybridized carbons (Fsp3) is 0.294. The SMILES string of the molecule is CCc1ccccc1C(N)c1ccc2c(c1)CCO2. The zero-order chi connectivity index (χ0) is 13.2. The maximum atomic E-state index is 6.45. The second kappa shape index (κ2) is 5.06. The number of ether oxygens (including phenoxy) is 1. The molecule has 1 unspecified atom stereocenters. The van der Waals surface area contributed by atoms with Gasteiger partial charge in [0.25, 0.3) is 0 Å². The summed E-state index contributed by atoms with van der Waals surface area (Å²) in [5, 5.41) is 0. The van der Waals surface area contributed by atoms with Crippen molar-refractivity contribution < 1.29 is 4.74 Å². The number of hydrogen-bond acceptors (Lipinski definition) is 2. The van der Waals surface area contributed by atoms with Gasteiger partial charge in [-0.1, -0.05) is 43.3 Å². The van der Waals surface area contributed by atoms with E-state index in [0.717, 1.165) is 25.2 Å². The first kappa shape index (κ1) is 12.2. The van der Waals surface area contributed by atoms with Gasteiger partial charge in [-0.2, -0.15) is 0 Å². The summed E-state index contributed by atoms with van der Waals surface area (Å²) in [5.74, 6) is 1.01. The van der Waals surface area contributed by atoms with E-state index in [4.69, 9.17) is 10.5 Å². The van der Waals surface area contributed by atoms with Crippen molar-refractivity contribution in [2.24, 2.45) is 5.73 Å². The molecule has 0 bridgehead atoms. The Balaban J connectivity index is 1.97. The Kier molecular flexibility index (Phi) is 3.26. The highest BCUT2D eigenvalue weighted by molar-refractivity contribution is 5.44. The van der Waals surface area contributed by atoms with E-state index < -0.39 is 0 Å². The van der Waals surface area contributed by atoms with Gasteiger partial charge in [0, 0.05) is 6.42 Å². The second-order valence-corrected chi connectivity index (χ2v) is 5.00. The molecule has 0 saturated heterocycles. The van der Waals surface area contributed by atoms with Crippen LogP contribution < -0.4 is 10.5 Å². The predicted octanol–water partition coefficient (Wildman–Crippen LogP) is 3.23. The van der Waals surface area contributed by atoms with Crippen LogP contribution in [0.2, 0.25) is 0 Å². The molecule has 0 aromatic heterocycles. The van der Waals surface area contributed by atoms with Gasteiger partial charge in [-0.25, -0.2) is 0 Å². The fourth-order valence-corrected chi connectivity index (χ4v) is 2.74. The Morgan fingerprint density at radius 2 is 2.05 bits per heavy atom. The van der Waals surface area contributed by atoms with Crippen molar-refractivity contribution in [3.63, 3.8) is 0 Å². The molecule has 1 heterocycles. The molecule has 1 aliphatic heterocycles. The fourth-order valence-electron chi connectivity index (χ4n) is 2.74. The maximum Gasteiger partial charge on any atom is 0.122 e. The Morgan fingerprint density at radius 3 is 2.89 bits per heavy atom. The van der Waals surface area contributed by atoms with Crippen LogP contribution in [0, 0.1) is 0 Å². The Morgan fingerprint density at radius 1 is 1.21 bits per heavy atom. The smallest absolute Gasteiger partial charge is 0.122 e. The van der Waals surface area contributed by atoms with Crippen molar-refractivity contribution in [3.8, 4) is 5.75 Å². The van der Waals surface area contributed by atoms with Gasteiger partial charge in [0.1, 0.15) is 5.75 Å². The molecule has 19 heavy (non-hydrogen) atoms. The van der Waals surface area contributed by atoms with Crippen LogP contribution in [-0.4, -0.2) is 6.61 Å². The largest absolute Gasteiger partial charge is 0.493 e. The number of fused-ring (bicyclic) bond motifs is 1. The standard InChI is InChI=1S/C17H19NO/c1-2-12-5-3-4-6-15(12)17(18)14-7-8-16-13(11-14)9-10-19-16/h3-8,11,17H,2,9-10,18H2,1H3. The Labute approximate surface area is 114 Å². The van der Waals surface area contributed by atoms with Crippen molar-refractivity contribution in [3.05, 3.63) is 64.7 Å². The molecule has 0 amide bonds. The molecule has 2 heteroatoms. The molecule has 0 saturated carbocycles. The summed E-state index contributed by atoms with van der Waals surface area (Å²) < 4.78 is 5.54. The molecule has 98 valence electrons. The minimum Gasteiger partial charge on any atom is -0.493 e. The van der Waals surface area contributed by atoms with Crippen LogP contribution in [0.25, 0.3) is 0 Å². The normalized spacial score (nSPS) is 14.8. The number of nitrogens with two attached hydrogens (primary N) is 1. The van der Waals surface area contributed by atoms with Crippen LogP contribution in [0.3, 0.4) is 0 Å². The monoisotopic (exact) mass is 253 g/mol. The lowest BCUT2D eigenvalue weighted by molar-refractivity contribution is 0.357. The number of rotatable bonds is 3. The van der Waals surface area contributed by atoms with Gasteiger partial charge in [0.15, 0.2) is 0 Å². The minimum atomic E-state index is -0.0537. The third-order valence-electron chi connectivity index (χ3n) is 3.84. The van der Waals surface area contributed by atoms with Crippen molar-refractivity contribution in [1.29, 1.82) is 0 Å². The van der Waals surface area contributed by atoms with E-state index >= 15 is 0 Å². The van der Waals surface area contributed by atoms with Crippen LogP contribution in [0.5, 0.6) is 5.75 Å². The van der Waals surface area contributed by atoms with E-state index in [1.807, 2.05) is 6.07 Å². The maximum absolute atomic E-state index is 6.45. The van der Waals surface area contributed by atoms with Gasteiger partial charge in [-0.05, 0) is 34.7 Å². The first-order chi connectivity index (χ1) is 9.29. The molecule has 0 fully saturated rings. The van der Waals surface area contributed by atoms with E-state index in [2.05, 4.69) is 43.3 Å². The third kappa shape index (κ3) is 2.24. The van der Waals surface area contributed by atoms with Gasteiger partial charge < -0.3 is 10.5 Å². The summed E-state index contributed by atoms with van der Waals surface area (Å²) in [7, 11) is 0. The topological polar surface area (TPSA) is 35.2 Å². The zero-order valence-electron chi connectivity index (χ0n) is 11.2. The van der Waals surface area contributed by atoms with E-state index in [9.17, 15) is 0 Å². The first-order valence-corrected chi connectivity index (χ1v) is 6.88. The Bertz CT molecular complexity index is 592. The summed E-state index contributed by atoms with van der Waals surface area (Å²) in [5.41, 5.74) is 11.4. The molecule has 0 aliphatic carbocycles. The third-order valence-corrected chi connectivity index (χ3v) is 3.84. The van der Waals surface area contributed by atoms with E-state index in [1.165, 1.54) is 22.3 Å². The molecule has 2 aromatic carbocycles. The average Bonchev–Trinajstić information content (AvgIpc) is 2.93. The molecule has 1 atom stereocenters. The Hall–Kier alpha value is -1.80. The quantitative estimate of drug-likeness (QED) is 0.911. The van der Waals surface area contributed by atoms with Crippen LogP contribution in [0.4, 0.5) is 0 Å². The van der Waals surface area contributed by atoms with E-state index in [-0.39, 0.29) is 6.04 Å². The summed E-state index contributed by atoms with van der Waals surface area (Å²) in [6.07, 6.45) is 2.00. The lowest BCUT2D eigenvalue weighted by atomic mass is 9.93. The van der Waals surface area contributed by atoms with Crippen LogP contribution in [0.1, 0.15) is 35.2 Å². The van der Waals surface area contributed by atoms with Gasteiger partial charge in [0.05, 0.1) is 12.6 Å². The van der Waals surface area contributed by atoms with Crippen molar-refractivity contribution in [2.45, 2.75) is 25.8 Å². The van der Waals surface area contributed by atoms with E-state index in [1.54, 1.807) is 0 Å². The van der Waals surface area contributed by atoms with Gasteiger partial charge in [-0.15, -0.1) is 0 Å². The molecule has 2 aromatic rings. The number of aryl methyl sites for hydroxylation is 1. The summed E-state index contributed by atoms with van der Waals surface area (Å²) in [4.78, 5) is 0. The zero-order valence-corrected chi connectivity index (χ0v) is 11.2. The first-order valence-electron chi connectivity index (χ1n) is 6.88. The van der Waals surface area contributed by atoms with E-state index in [0.29, 0.717) is 0 Å². The van der Waals surface area contributed by atoms with Crippen molar-refractivity contribution in [1.82, 2.24) is 0 Å². The minimum absolute atomic E-state index is 0.0537. The highest BCUT2D eigenvalue weighted by atomic mass is 16.5. The molecular weight excluding hydrogens is 234 g/mol. The van der Waals surface area contributed by atoms with Crippen molar-refractivity contribution in [2.75, 3.05) is 6.61 Å². The molecule has 0 spiro atoms. The van der Waals surface area contributed by atoms with Crippen LogP contribution in [0.15, 0.2) is 42.5 Å². The summed E-state index contributed by atoms with van der Waals surface area (Å²) >= 11 is 0. The van der Waals surface area contributed by atoms with Crippen molar-refractivity contribution >= 4 is 0 Å². The highest BCUT2D eigenvalue weighted by Gasteiger charge is 2.17. The number of hydrogen-bond donors (Lipinski definition) is 1. The molecule has 2 nitrogen and oxygen atoms in total. The second-order valence-electron chi connectivity index (χ2n) is 5.00. The molecular formula is C17H19NO.